The summed E-state index contributed by atoms with van der Waals surface area (Å²) in [7, 11) is 0. The van der Waals surface area contributed by atoms with Crippen molar-refractivity contribution in [2.45, 2.75) is 6.42 Å². The Kier molecular flexibility index (Phi) is 2.24. The third-order valence-corrected chi connectivity index (χ3v) is 3.90. The van der Waals surface area contributed by atoms with Crippen LogP contribution in [-0.4, -0.2) is 40.2 Å². The van der Waals surface area contributed by atoms with E-state index >= 15 is 0 Å². The minimum Gasteiger partial charge on any atom is -0.329 e. The maximum absolute atomic E-state index is 4.44. The van der Waals surface area contributed by atoms with Gasteiger partial charge in [0.2, 0.25) is 5.96 Å². The smallest absolute Gasteiger partial charge is 0.202 e. The summed E-state index contributed by atoms with van der Waals surface area (Å²) in [5.41, 5.74) is 3.82. The first-order valence-corrected chi connectivity index (χ1v) is 6.13. The predicted octanol–water partition coefficient (Wildman–Crippen LogP) is 1.08. The zero-order valence-corrected chi connectivity index (χ0v) is 10.6. The van der Waals surface area contributed by atoms with E-state index in [4.69, 9.17) is 0 Å². The quantitative estimate of drug-likeness (QED) is 0.536. The maximum atomic E-state index is 4.44. The standard InChI is InChI=1S/C10H13IN4/c1-7-8-6-14(11)4-2-9(8)13-10-12-3-5-15(7)10/h1-6H2,(H,12,13). The number of aliphatic imine (C=N–C) groups is 1. The van der Waals surface area contributed by atoms with Gasteiger partial charge < -0.3 is 10.2 Å². The second kappa shape index (κ2) is 3.48. The number of fused-ring (bicyclic) bond motifs is 1. The molecule has 0 bridgehead atoms. The highest BCUT2D eigenvalue weighted by Gasteiger charge is 2.31. The molecule has 3 heterocycles. The highest BCUT2D eigenvalue weighted by atomic mass is 127. The summed E-state index contributed by atoms with van der Waals surface area (Å²) in [6.07, 6.45) is 1.07. The summed E-state index contributed by atoms with van der Waals surface area (Å²) in [5.74, 6) is 1.00. The van der Waals surface area contributed by atoms with Crippen LogP contribution in [0.4, 0.5) is 0 Å². The zero-order valence-electron chi connectivity index (χ0n) is 8.46. The highest BCUT2D eigenvalue weighted by molar-refractivity contribution is 14.1. The van der Waals surface area contributed by atoms with Crippen LogP contribution in [-0.2, 0) is 0 Å². The van der Waals surface area contributed by atoms with Gasteiger partial charge in [0.15, 0.2) is 0 Å². The topological polar surface area (TPSA) is 30.9 Å². The number of guanidine groups is 1. The van der Waals surface area contributed by atoms with Gasteiger partial charge in [-0.2, -0.15) is 0 Å². The second-order valence-electron chi connectivity index (χ2n) is 3.98. The SMILES string of the molecule is C=C1C2=C(CCN(I)C2)NC2=NCCN12. The van der Waals surface area contributed by atoms with Gasteiger partial charge in [-0.05, 0) is 0 Å². The molecule has 4 nitrogen and oxygen atoms in total. The first-order chi connectivity index (χ1) is 7.25. The molecule has 5 heteroatoms. The van der Waals surface area contributed by atoms with Crippen LogP contribution in [0.5, 0.6) is 0 Å². The largest absolute Gasteiger partial charge is 0.329 e. The van der Waals surface area contributed by atoms with E-state index < -0.39 is 0 Å². The van der Waals surface area contributed by atoms with E-state index in [0.29, 0.717) is 0 Å². The molecule has 0 aromatic rings. The summed E-state index contributed by atoms with van der Waals surface area (Å²) in [6, 6.07) is 0. The molecule has 3 aliphatic rings. The van der Waals surface area contributed by atoms with Crippen molar-refractivity contribution in [3.05, 3.63) is 23.5 Å². The van der Waals surface area contributed by atoms with E-state index in [2.05, 4.69) is 47.8 Å². The average Bonchev–Trinajstić information content (AvgIpc) is 2.68. The van der Waals surface area contributed by atoms with Crippen molar-refractivity contribution in [3.63, 3.8) is 0 Å². The Hall–Kier alpha value is -0.560. The molecule has 0 saturated carbocycles. The van der Waals surface area contributed by atoms with Crippen molar-refractivity contribution in [1.82, 2.24) is 13.3 Å². The Bertz CT molecular complexity index is 385. The molecule has 0 atom stereocenters. The van der Waals surface area contributed by atoms with E-state index in [9.17, 15) is 0 Å². The molecule has 15 heavy (non-hydrogen) atoms. The molecule has 0 aromatic carbocycles. The third kappa shape index (κ3) is 1.48. The number of hydrogen-bond acceptors (Lipinski definition) is 4. The third-order valence-electron chi connectivity index (χ3n) is 3.08. The molecular weight excluding hydrogens is 303 g/mol. The van der Waals surface area contributed by atoms with Crippen molar-refractivity contribution < 1.29 is 0 Å². The van der Waals surface area contributed by atoms with Crippen molar-refractivity contribution in [3.8, 4) is 0 Å². The molecule has 0 amide bonds. The van der Waals surface area contributed by atoms with Gasteiger partial charge in [0, 0.05) is 65.9 Å². The fourth-order valence-corrected chi connectivity index (χ4v) is 2.83. The van der Waals surface area contributed by atoms with Gasteiger partial charge in [-0.15, -0.1) is 0 Å². The van der Waals surface area contributed by atoms with Gasteiger partial charge >= 0.3 is 0 Å². The number of halogens is 1. The Labute approximate surface area is 103 Å². The van der Waals surface area contributed by atoms with Crippen LogP contribution in [0.15, 0.2) is 28.5 Å². The van der Waals surface area contributed by atoms with E-state index in [1.165, 1.54) is 11.3 Å². The second-order valence-corrected chi connectivity index (χ2v) is 5.34. The number of nitrogens with one attached hydrogen (secondary N) is 1. The van der Waals surface area contributed by atoms with E-state index in [0.717, 1.165) is 44.3 Å². The Morgan fingerprint density at radius 3 is 3.13 bits per heavy atom. The molecule has 0 spiro atoms. The fourth-order valence-electron chi connectivity index (χ4n) is 2.25. The first kappa shape index (κ1) is 9.65. The molecule has 0 radical (unpaired) electrons. The molecule has 0 aliphatic carbocycles. The molecule has 0 saturated heterocycles. The van der Waals surface area contributed by atoms with Gasteiger partial charge in [-0.3, -0.25) is 4.99 Å². The molecular formula is C10H13IN4. The Balaban J connectivity index is 1.97. The van der Waals surface area contributed by atoms with Crippen LogP contribution in [0.1, 0.15) is 6.42 Å². The lowest BCUT2D eigenvalue weighted by Crippen LogP contribution is -2.46. The summed E-state index contributed by atoms with van der Waals surface area (Å²) in [5, 5.41) is 3.43. The van der Waals surface area contributed by atoms with Gasteiger partial charge in [0.05, 0.1) is 6.54 Å². The summed E-state index contributed by atoms with van der Waals surface area (Å²) in [4.78, 5) is 6.63. The van der Waals surface area contributed by atoms with E-state index in [1.54, 1.807) is 0 Å². The van der Waals surface area contributed by atoms with Gasteiger partial charge in [-0.1, -0.05) is 6.58 Å². The van der Waals surface area contributed by atoms with E-state index in [-0.39, 0.29) is 0 Å². The monoisotopic (exact) mass is 316 g/mol. The number of hydrogen-bond donors (Lipinski definition) is 1. The van der Waals surface area contributed by atoms with Crippen LogP contribution in [0, 0.1) is 0 Å². The van der Waals surface area contributed by atoms with Crippen molar-refractivity contribution >= 4 is 28.8 Å². The van der Waals surface area contributed by atoms with Crippen LogP contribution in [0.2, 0.25) is 0 Å². The summed E-state index contributed by atoms with van der Waals surface area (Å²) in [6.45, 7) is 8.14. The Morgan fingerprint density at radius 2 is 2.27 bits per heavy atom. The lowest BCUT2D eigenvalue weighted by atomic mass is 10.0. The molecule has 0 fully saturated rings. The maximum Gasteiger partial charge on any atom is 0.202 e. The van der Waals surface area contributed by atoms with Crippen molar-refractivity contribution in [2.24, 2.45) is 4.99 Å². The van der Waals surface area contributed by atoms with Crippen LogP contribution in [0.25, 0.3) is 0 Å². The summed E-state index contributed by atoms with van der Waals surface area (Å²) >= 11 is 2.38. The highest BCUT2D eigenvalue weighted by Crippen LogP contribution is 2.30. The van der Waals surface area contributed by atoms with Gasteiger partial charge in [0.1, 0.15) is 0 Å². The average molecular weight is 316 g/mol. The molecule has 3 rings (SSSR count). The lowest BCUT2D eigenvalue weighted by Gasteiger charge is -2.37. The van der Waals surface area contributed by atoms with Crippen molar-refractivity contribution in [2.75, 3.05) is 26.2 Å². The molecule has 1 N–H and O–H groups in total. The number of rotatable bonds is 0. The molecule has 0 unspecified atom stereocenters. The van der Waals surface area contributed by atoms with E-state index in [1.807, 2.05) is 0 Å². The predicted molar refractivity (Wildman–Crippen MR) is 68.5 cm³/mol. The minimum atomic E-state index is 0.885. The fraction of sp³-hybridized carbons (Fsp3) is 0.500. The molecule has 0 aromatic heterocycles. The van der Waals surface area contributed by atoms with Crippen LogP contribution < -0.4 is 5.32 Å². The lowest BCUT2D eigenvalue weighted by molar-refractivity contribution is 0.461. The van der Waals surface area contributed by atoms with Crippen molar-refractivity contribution in [1.29, 1.82) is 0 Å². The minimum absolute atomic E-state index is 0.885. The first-order valence-electron chi connectivity index (χ1n) is 5.17. The van der Waals surface area contributed by atoms with Gasteiger partial charge in [0.25, 0.3) is 0 Å². The van der Waals surface area contributed by atoms with Crippen LogP contribution >= 0.6 is 22.9 Å². The zero-order chi connectivity index (χ0) is 10.4. The summed E-state index contributed by atoms with van der Waals surface area (Å²) < 4.78 is 2.31. The molecule has 3 aliphatic heterocycles. The number of nitrogens with zero attached hydrogens (tertiary/aromatic N) is 3. The molecule has 80 valence electrons. The van der Waals surface area contributed by atoms with Crippen LogP contribution in [0.3, 0.4) is 0 Å². The Morgan fingerprint density at radius 1 is 1.40 bits per heavy atom. The normalized spacial score (nSPS) is 26.1. The van der Waals surface area contributed by atoms with Gasteiger partial charge in [-0.25, -0.2) is 3.11 Å².